The van der Waals surface area contributed by atoms with E-state index in [1.807, 2.05) is 0 Å². The number of nitrogens with two attached hydrogens (primary N) is 1. The molecule has 0 radical (unpaired) electrons. The van der Waals surface area contributed by atoms with Crippen molar-refractivity contribution in [3.8, 4) is 0 Å². The lowest BCUT2D eigenvalue weighted by Crippen LogP contribution is -2.10. The number of rotatable bonds is 7. The summed E-state index contributed by atoms with van der Waals surface area (Å²) < 4.78 is 5.02. The molecule has 0 aromatic heterocycles. The van der Waals surface area contributed by atoms with E-state index < -0.39 is 4.92 Å². The third-order valence-corrected chi connectivity index (χ3v) is 2.57. The lowest BCUT2D eigenvalue weighted by atomic mass is 10.0. The Morgan fingerprint density at radius 2 is 2.17 bits per heavy atom. The van der Waals surface area contributed by atoms with Crippen LogP contribution in [0.5, 0.6) is 0 Å². The van der Waals surface area contributed by atoms with E-state index in [0.717, 1.165) is 11.1 Å². The van der Waals surface area contributed by atoms with Crippen LogP contribution in [0.2, 0.25) is 0 Å². The standard InChI is InChI=1S/C12H16N2O4/c1-18-8-10-7-11(14(16)17)6-5-9(10)3-2-4-12(13)15/h5-7H,2-4,8H2,1H3,(H2,13,15). The molecule has 0 heterocycles. The molecule has 1 aromatic rings. The predicted molar refractivity (Wildman–Crippen MR) is 65.9 cm³/mol. The van der Waals surface area contributed by atoms with Crippen LogP contribution in [-0.4, -0.2) is 17.9 Å². The molecule has 98 valence electrons. The van der Waals surface area contributed by atoms with Gasteiger partial charge in [-0.25, -0.2) is 0 Å². The summed E-state index contributed by atoms with van der Waals surface area (Å²) in [5.41, 5.74) is 6.83. The first kappa shape index (κ1) is 14.1. The lowest BCUT2D eigenvalue weighted by Gasteiger charge is -2.08. The minimum atomic E-state index is -0.438. The first-order valence-corrected chi connectivity index (χ1v) is 5.58. The summed E-state index contributed by atoms with van der Waals surface area (Å²) >= 11 is 0. The highest BCUT2D eigenvalue weighted by Crippen LogP contribution is 2.20. The van der Waals surface area contributed by atoms with Gasteiger partial charge in [0.25, 0.3) is 5.69 Å². The first-order chi connectivity index (χ1) is 8.54. The highest BCUT2D eigenvalue weighted by Gasteiger charge is 2.10. The van der Waals surface area contributed by atoms with Gasteiger partial charge in [0.15, 0.2) is 0 Å². The van der Waals surface area contributed by atoms with Crippen LogP contribution in [-0.2, 0) is 22.6 Å². The summed E-state index contributed by atoms with van der Waals surface area (Å²) in [5, 5.41) is 10.7. The molecule has 0 aliphatic carbocycles. The van der Waals surface area contributed by atoms with Crippen molar-refractivity contribution >= 4 is 11.6 Å². The molecule has 0 atom stereocenters. The molecule has 0 aliphatic heterocycles. The van der Waals surface area contributed by atoms with E-state index in [4.69, 9.17) is 10.5 Å². The summed E-state index contributed by atoms with van der Waals surface area (Å²) in [6.07, 6.45) is 1.59. The molecule has 0 fully saturated rings. The van der Waals surface area contributed by atoms with E-state index >= 15 is 0 Å². The number of nitro groups is 1. The monoisotopic (exact) mass is 252 g/mol. The zero-order valence-electron chi connectivity index (χ0n) is 10.2. The Morgan fingerprint density at radius 3 is 2.72 bits per heavy atom. The van der Waals surface area contributed by atoms with Crippen LogP contribution in [0.25, 0.3) is 0 Å². The molecule has 2 N–H and O–H groups in total. The Bertz CT molecular complexity index is 446. The number of carbonyl (C=O) groups is 1. The molecular weight excluding hydrogens is 236 g/mol. The zero-order valence-corrected chi connectivity index (χ0v) is 10.2. The Hall–Kier alpha value is -1.95. The Morgan fingerprint density at radius 1 is 1.44 bits per heavy atom. The number of carbonyl (C=O) groups excluding carboxylic acids is 1. The highest BCUT2D eigenvalue weighted by molar-refractivity contribution is 5.73. The molecule has 0 saturated heterocycles. The molecule has 18 heavy (non-hydrogen) atoms. The molecular formula is C12H16N2O4. The van der Waals surface area contributed by atoms with Gasteiger partial charge >= 0.3 is 0 Å². The number of non-ortho nitro benzene ring substituents is 1. The van der Waals surface area contributed by atoms with Gasteiger partial charge < -0.3 is 10.5 Å². The molecule has 0 spiro atoms. The number of hydrogen-bond acceptors (Lipinski definition) is 4. The molecule has 1 aromatic carbocycles. The number of amides is 1. The SMILES string of the molecule is COCc1cc([N+](=O)[O-])ccc1CCCC(N)=O. The maximum atomic E-state index is 10.7. The third kappa shape index (κ3) is 4.14. The van der Waals surface area contributed by atoms with Crippen LogP contribution < -0.4 is 5.73 Å². The summed E-state index contributed by atoms with van der Waals surface area (Å²) in [7, 11) is 1.53. The maximum Gasteiger partial charge on any atom is 0.269 e. The van der Waals surface area contributed by atoms with Crippen molar-refractivity contribution in [3.63, 3.8) is 0 Å². The van der Waals surface area contributed by atoms with E-state index in [1.165, 1.54) is 19.2 Å². The van der Waals surface area contributed by atoms with Gasteiger partial charge in [-0.2, -0.15) is 0 Å². The van der Waals surface area contributed by atoms with Crippen molar-refractivity contribution in [2.45, 2.75) is 25.9 Å². The molecule has 0 saturated carbocycles. The van der Waals surface area contributed by atoms with Gasteiger partial charge in [-0.15, -0.1) is 0 Å². The average molecular weight is 252 g/mol. The van der Waals surface area contributed by atoms with E-state index in [9.17, 15) is 14.9 Å². The number of primary amides is 1. The number of methoxy groups -OCH3 is 1. The second-order valence-corrected chi connectivity index (χ2v) is 3.96. The number of hydrogen-bond donors (Lipinski definition) is 1. The van der Waals surface area contributed by atoms with E-state index in [0.29, 0.717) is 25.9 Å². The fourth-order valence-electron chi connectivity index (χ4n) is 1.71. The topological polar surface area (TPSA) is 95.5 Å². The highest BCUT2D eigenvalue weighted by atomic mass is 16.6. The predicted octanol–water partition coefficient (Wildman–Crippen LogP) is 1.55. The summed E-state index contributed by atoms with van der Waals surface area (Å²) in [6.45, 7) is 0.313. The summed E-state index contributed by atoms with van der Waals surface area (Å²) in [5.74, 6) is -0.342. The van der Waals surface area contributed by atoms with Crippen molar-refractivity contribution in [2.24, 2.45) is 5.73 Å². The summed E-state index contributed by atoms with van der Waals surface area (Å²) in [4.78, 5) is 20.9. The minimum absolute atomic E-state index is 0.0423. The first-order valence-electron chi connectivity index (χ1n) is 5.58. The Labute approximate surface area is 105 Å². The van der Waals surface area contributed by atoms with Crippen molar-refractivity contribution in [2.75, 3.05) is 7.11 Å². The van der Waals surface area contributed by atoms with Gasteiger partial charge in [-0.05, 0) is 24.0 Å². The van der Waals surface area contributed by atoms with Crippen LogP contribution in [0.15, 0.2) is 18.2 Å². The normalized spacial score (nSPS) is 10.3. The molecule has 6 nitrogen and oxygen atoms in total. The molecule has 0 aliphatic rings. The fourth-order valence-corrected chi connectivity index (χ4v) is 1.71. The van der Waals surface area contributed by atoms with Crippen LogP contribution in [0.1, 0.15) is 24.0 Å². The average Bonchev–Trinajstić information content (AvgIpc) is 2.30. The number of aryl methyl sites for hydroxylation is 1. The molecule has 0 bridgehead atoms. The second-order valence-electron chi connectivity index (χ2n) is 3.96. The van der Waals surface area contributed by atoms with Gasteiger partial charge in [0.1, 0.15) is 0 Å². The van der Waals surface area contributed by atoms with Crippen LogP contribution in [0, 0.1) is 10.1 Å². The maximum absolute atomic E-state index is 10.7. The molecule has 1 amide bonds. The van der Waals surface area contributed by atoms with E-state index in [1.54, 1.807) is 6.07 Å². The Kier molecular flexibility index (Phi) is 5.26. The quantitative estimate of drug-likeness (QED) is 0.588. The van der Waals surface area contributed by atoms with Gasteiger partial charge in [-0.3, -0.25) is 14.9 Å². The molecule has 1 rings (SSSR count). The number of benzene rings is 1. The van der Waals surface area contributed by atoms with Crippen molar-refractivity contribution in [1.29, 1.82) is 0 Å². The number of ether oxygens (including phenoxy) is 1. The van der Waals surface area contributed by atoms with Gasteiger partial charge in [0.2, 0.25) is 5.91 Å². The zero-order chi connectivity index (χ0) is 13.5. The smallest absolute Gasteiger partial charge is 0.269 e. The van der Waals surface area contributed by atoms with Gasteiger partial charge in [0.05, 0.1) is 11.5 Å². The van der Waals surface area contributed by atoms with Gasteiger partial charge in [-0.1, -0.05) is 6.07 Å². The molecule has 0 unspecified atom stereocenters. The van der Waals surface area contributed by atoms with Crippen LogP contribution in [0.4, 0.5) is 5.69 Å². The molecule has 6 heteroatoms. The fraction of sp³-hybridized carbons (Fsp3) is 0.417. The lowest BCUT2D eigenvalue weighted by molar-refractivity contribution is -0.385. The van der Waals surface area contributed by atoms with Gasteiger partial charge in [0, 0.05) is 25.7 Å². The second kappa shape index (κ2) is 6.70. The summed E-state index contributed by atoms with van der Waals surface area (Å²) in [6, 6.07) is 4.66. The number of nitro benzene ring substituents is 1. The third-order valence-electron chi connectivity index (χ3n) is 2.57. The van der Waals surface area contributed by atoms with Crippen LogP contribution >= 0.6 is 0 Å². The largest absolute Gasteiger partial charge is 0.380 e. The minimum Gasteiger partial charge on any atom is -0.380 e. The van der Waals surface area contributed by atoms with Crippen molar-refractivity contribution in [1.82, 2.24) is 0 Å². The van der Waals surface area contributed by atoms with E-state index in [2.05, 4.69) is 0 Å². The Balaban J connectivity index is 2.82. The number of nitrogens with zero attached hydrogens (tertiary/aromatic N) is 1. The van der Waals surface area contributed by atoms with Crippen LogP contribution in [0.3, 0.4) is 0 Å². The van der Waals surface area contributed by atoms with Crippen molar-refractivity contribution < 1.29 is 14.5 Å². The van der Waals surface area contributed by atoms with Crippen molar-refractivity contribution in [3.05, 3.63) is 39.4 Å². The van der Waals surface area contributed by atoms with E-state index in [-0.39, 0.29) is 11.6 Å².